The molecule has 4 rings (SSSR count). The van der Waals surface area contributed by atoms with Gasteiger partial charge in [0.2, 0.25) is 11.8 Å². The third-order valence-electron chi connectivity index (χ3n) is 7.30. The molecule has 1 saturated heterocycles. The molecule has 3 aromatic rings. The number of aromatic nitrogens is 2. The number of halogens is 1. The summed E-state index contributed by atoms with van der Waals surface area (Å²) < 4.78 is 34.9. The molecule has 0 spiro atoms. The van der Waals surface area contributed by atoms with E-state index >= 15 is 0 Å². The van der Waals surface area contributed by atoms with Crippen LogP contribution in [0.1, 0.15) is 95.2 Å². The number of fused-ring (bicyclic) bond motifs is 1. The van der Waals surface area contributed by atoms with Gasteiger partial charge in [0.1, 0.15) is 10.7 Å². The lowest BCUT2D eigenvalue weighted by Crippen LogP contribution is -2.35. The van der Waals surface area contributed by atoms with Crippen LogP contribution in [0.5, 0.6) is 5.88 Å². The first-order chi connectivity index (χ1) is 18.7. The monoisotopic (exact) mass is 630 g/mol. The molecule has 40 heavy (non-hydrogen) atoms. The maximum absolute atomic E-state index is 14.1. The predicted molar refractivity (Wildman–Crippen MR) is 163 cm³/mol. The van der Waals surface area contributed by atoms with E-state index in [1.54, 1.807) is 6.92 Å². The number of amides is 1. The number of anilines is 1. The van der Waals surface area contributed by atoms with Crippen molar-refractivity contribution in [3.8, 4) is 5.88 Å². The molecule has 1 N–H and O–H groups in total. The van der Waals surface area contributed by atoms with Crippen molar-refractivity contribution < 1.29 is 17.4 Å². The number of benzene rings is 2. The number of hydrogen-bond acceptors (Lipinski definition) is 7. The highest BCUT2D eigenvalue weighted by Gasteiger charge is 2.31. The zero-order valence-electron chi connectivity index (χ0n) is 24.5. The number of nitrogens with zero attached hydrogens (tertiary/aromatic N) is 3. The summed E-state index contributed by atoms with van der Waals surface area (Å²) in [6.07, 6.45) is 0.814. The minimum absolute atomic E-state index is 0.00575. The lowest BCUT2D eigenvalue weighted by Gasteiger charge is -2.23. The lowest BCUT2D eigenvalue weighted by atomic mass is 9.89. The van der Waals surface area contributed by atoms with Crippen molar-refractivity contribution in [3.63, 3.8) is 0 Å². The fraction of sp³-hybridized carbons (Fsp3) is 0.500. The van der Waals surface area contributed by atoms with E-state index in [0.29, 0.717) is 23.3 Å². The van der Waals surface area contributed by atoms with Crippen molar-refractivity contribution in [2.75, 3.05) is 18.0 Å². The maximum atomic E-state index is 14.1. The molecule has 1 fully saturated rings. The third-order valence-corrected chi connectivity index (χ3v) is 9.28. The van der Waals surface area contributed by atoms with Crippen molar-refractivity contribution in [2.45, 2.75) is 90.5 Å². The summed E-state index contributed by atoms with van der Waals surface area (Å²) in [5.74, 6) is 0.565. The molecule has 1 aliphatic rings. The van der Waals surface area contributed by atoms with E-state index in [-0.39, 0.29) is 40.5 Å². The highest BCUT2D eigenvalue weighted by atomic mass is 79.9. The van der Waals surface area contributed by atoms with Crippen LogP contribution in [0.25, 0.3) is 10.9 Å². The molecule has 2 aromatic carbocycles. The number of carbonyl (C=O) groups excluding carboxylic acids is 1. The molecule has 1 atom stereocenters. The minimum atomic E-state index is -4.24. The first kappa shape index (κ1) is 30.2. The number of hydrogen-bond donors (Lipinski definition) is 1. The summed E-state index contributed by atoms with van der Waals surface area (Å²) >= 11 is 3.67. The highest BCUT2D eigenvalue weighted by molar-refractivity contribution is 9.10. The van der Waals surface area contributed by atoms with E-state index in [0.717, 1.165) is 39.8 Å². The van der Waals surface area contributed by atoms with E-state index in [2.05, 4.69) is 50.0 Å². The van der Waals surface area contributed by atoms with Crippen LogP contribution in [-0.4, -0.2) is 43.4 Å². The number of nitrogens with one attached hydrogen (secondary N) is 1. The van der Waals surface area contributed by atoms with Crippen LogP contribution >= 0.6 is 15.9 Å². The van der Waals surface area contributed by atoms with E-state index in [1.807, 2.05) is 52.0 Å². The average Bonchev–Trinajstić information content (AvgIpc) is 3.29. The Kier molecular flexibility index (Phi) is 8.80. The Hall–Kier alpha value is -2.72. The van der Waals surface area contributed by atoms with Gasteiger partial charge in [-0.1, -0.05) is 53.7 Å². The quantitative estimate of drug-likeness (QED) is 0.281. The molecule has 216 valence electrons. The molecule has 0 bridgehead atoms. The Morgan fingerprint density at radius 3 is 2.20 bits per heavy atom. The topological polar surface area (TPSA) is 101 Å². The summed E-state index contributed by atoms with van der Waals surface area (Å²) in [7, 11) is -4.24. The SMILES string of the molecule is CC(=O)NC1CCN(c2cc3c(OS(=O)(=O)c4c(C(C)C)cc(C(C)C)cc4C(C)C)nc(C)nc3cc2Br)C1. The molecule has 2 heterocycles. The molecule has 8 nitrogen and oxygen atoms in total. The van der Waals surface area contributed by atoms with Gasteiger partial charge in [0.15, 0.2) is 0 Å². The smallest absolute Gasteiger partial charge is 0.341 e. The summed E-state index contributed by atoms with van der Waals surface area (Å²) in [5.41, 5.74) is 4.03. The van der Waals surface area contributed by atoms with Crippen LogP contribution in [0, 0.1) is 6.92 Å². The number of carbonyl (C=O) groups is 1. The standard InChI is InChI=1S/C30H39BrN4O4S/c1-16(2)21-11-23(17(3)4)29(24(12-21)18(5)6)40(37,38)39-30-25-13-28(26(31)14-27(25)32-19(7)33-30)35-10-9-22(15-35)34-20(8)36/h11-14,16-18,22H,9-10,15H2,1-8H3,(H,34,36). The van der Waals surface area contributed by atoms with Crippen LogP contribution in [0.2, 0.25) is 0 Å². The molecular formula is C30H39BrN4O4S. The van der Waals surface area contributed by atoms with Gasteiger partial charge in [0.05, 0.1) is 16.6 Å². The van der Waals surface area contributed by atoms with Gasteiger partial charge in [-0.3, -0.25) is 4.79 Å². The molecule has 0 aliphatic carbocycles. The van der Waals surface area contributed by atoms with Gasteiger partial charge in [-0.2, -0.15) is 13.4 Å². The second-order valence-corrected chi connectivity index (χ2v) is 13.9. The van der Waals surface area contributed by atoms with Crippen LogP contribution in [-0.2, 0) is 14.9 Å². The summed E-state index contributed by atoms with van der Waals surface area (Å²) in [5, 5.41) is 3.49. The lowest BCUT2D eigenvalue weighted by molar-refractivity contribution is -0.119. The molecular weight excluding hydrogens is 592 g/mol. The van der Waals surface area contributed by atoms with Crippen molar-refractivity contribution in [1.82, 2.24) is 15.3 Å². The Balaban J connectivity index is 1.83. The average molecular weight is 632 g/mol. The van der Waals surface area contributed by atoms with Crippen molar-refractivity contribution in [3.05, 3.63) is 51.3 Å². The summed E-state index contributed by atoms with van der Waals surface area (Å²) in [6.45, 7) is 16.8. The zero-order valence-corrected chi connectivity index (χ0v) is 26.9. The molecule has 1 aliphatic heterocycles. The van der Waals surface area contributed by atoms with E-state index in [1.165, 1.54) is 6.92 Å². The fourth-order valence-electron chi connectivity index (χ4n) is 5.24. The van der Waals surface area contributed by atoms with Gasteiger partial charge in [0, 0.05) is 30.5 Å². The van der Waals surface area contributed by atoms with Crippen molar-refractivity contribution in [1.29, 1.82) is 0 Å². The van der Waals surface area contributed by atoms with Crippen LogP contribution in [0.4, 0.5) is 5.69 Å². The van der Waals surface area contributed by atoms with Gasteiger partial charge >= 0.3 is 10.1 Å². The fourth-order valence-corrected chi connectivity index (χ4v) is 7.40. The van der Waals surface area contributed by atoms with E-state index < -0.39 is 10.1 Å². The maximum Gasteiger partial charge on any atom is 0.341 e. The molecule has 1 aromatic heterocycles. The largest absolute Gasteiger partial charge is 0.368 e. The first-order valence-corrected chi connectivity index (χ1v) is 16.0. The second kappa shape index (κ2) is 11.6. The summed E-state index contributed by atoms with van der Waals surface area (Å²) in [6, 6.07) is 7.77. The summed E-state index contributed by atoms with van der Waals surface area (Å²) in [4.78, 5) is 23.0. The Morgan fingerprint density at radius 2 is 1.65 bits per heavy atom. The van der Waals surface area contributed by atoms with Crippen LogP contribution < -0.4 is 14.4 Å². The van der Waals surface area contributed by atoms with Crippen LogP contribution in [0.15, 0.2) is 33.6 Å². The van der Waals surface area contributed by atoms with Crippen LogP contribution in [0.3, 0.4) is 0 Å². The predicted octanol–water partition coefficient (Wildman–Crippen LogP) is 6.55. The van der Waals surface area contributed by atoms with E-state index in [4.69, 9.17) is 4.18 Å². The van der Waals surface area contributed by atoms with Gasteiger partial charge in [-0.25, -0.2) is 4.98 Å². The molecule has 0 radical (unpaired) electrons. The molecule has 1 unspecified atom stereocenters. The highest BCUT2D eigenvalue weighted by Crippen LogP contribution is 2.39. The zero-order chi connectivity index (χ0) is 29.5. The van der Waals surface area contributed by atoms with Gasteiger partial charge < -0.3 is 14.4 Å². The van der Waals surface area contributed by atoms with Gasteiger partial charge in [-0.05, 0) is 75.9 Å². The van der Waals surface area contributed by atoms with Crippen molar-refractivity contribution in [2.24, 2.45) is 0 Å². The van der Waals surface area contributed by atoms with Crippen molar-refractivity contribution >= 4 is 48.5 Å². The second-order valence-electron chi connectivity index (χ2n) is 11.6. The Morgan fingerprint density at radius 1 is 1.02 bits per heavy atom. The van der Waals surface area contributed by atoms with E-state index in [9.17, 15) is 13.2 Å². The normalized spacial score (nSPS) is 16.0. The minimum Gasteiger partial charge on any atom is -0.368 e. The molecule has 10 heteroatoms. The first-order valence-electron chi connectivity index (χ1n) is 13.8. The Bertz CT molecular complexity index is 1520. The number of aryl methyl sites for hydroxylation is 1. The third kappa shape index (κ3) is 6.28. The Labute approximate surface area is 246 Å². The molecule has 0 saturated carbocycles. The number of rotatable bonds is 8. The molecule has 1 amide bonds. The van der Waals surface area contributed by atoms with Gasteiger partial charge in [0.25, 0.3) is 0 Å². The van der Waals surface area contributed by atoms with Gasteiger partial charge in [-0.15, -0.1) is 0 Å².